The van der Waals surface area contributed by atoms with Crippen molar-refractivity contribution in [1.82, 2.24) is 10.6 Å². The van der Waals surface area contributed by atoms with E-state index in [1.54, 1.807) is 0 Å². The Labute approximate surface area is 200 Å². The highest BCUT2D eigenvalue weighted by atomic mass is 32.1. The second-order valence-electron chi connectivity index (χ2n) is 7.28. The number of carbonyl (C=O) groups excluding carboxylic acids is 4. The molecule has 1 unspecified atom stereocenters. The van der Waals surface area contributed by atoms with E-state index in [9.17, 15) is 19.2 Å². The maximum Gasteiger partial charge on any atom is 0.407 e. The van der Waals surface area contributed by atoms with Crippen LogP contribution in [0.3, 0.4) is 0 Å². The quantitative estimate of drug-likeness (QED) is 0.0876. The fourth-order valence-electron chi connectivity index (χ4n) is 2.19. The molecule has 0 spiro atoms. The molecule has 0 fully saturated rings. The third kappa shape index (κ3) is 17.7. The monoisotopic (exact) mass is 488 g/mol. The zero-order valence-electron chi connectivity index (χ0n) is 19.5. The van der Waals surface area contributed by atoms with E-state index in [1.165, 1.54) is 13.8 Å². The van der Waals surface area contributed by atoms with Crippen LogP contribution >= 0.6 is 12.6 Å². The van der Waals surface area contributed by atoms with Crippen molar-refractivity contribution in [3.05, 3.63) is 24.3 Å². The van der Waals surface area contributed by atoms with Crippen molar-refractivity contribution >= 4 is 36.6 Å². The van der Waals surface area contributed by atoms with Gasteiger partial charge in [-0.15, -0.1) is 0 Å². The molecule has 0 rings (SSSR count). The fourth-order valence-corrected chi connectivity index (χ4v) is 2.41. The molecule has 0 radical (unpaired) electrons. The van der Waals surface area contributed by atoms with E-state index in [1.807, 2.05) is 0 Å². The van der Waals surface area contributed by atoms with Gasteiger partial charge in [-0.05, 0) is 32.4 Å². The molecular formula is C22H36N2O8S. The van der Waals surface area contributed by atoms with Crippen molar-refractivity contribution in [2.24, 2.45) is 5.92 Å². The largest absolute Gasteiger partial charge is 0.460 e. The average molecular weight is 489 g/mol. The topological polar surface area (TPSA) is 129 Å². The summed E-state index contributed by atoms with van der Waals surface area (Å²) in [6, 6.07) is 0. The van der Waals surface area contributed by atoms with E-state index in [0.29, 0.717) is 6.61 Å². The van der Waals surface area contributed by atoms with Gasteiger partial charge in [-0.2, -0.15) is 12.6 Å². The summed E-state index contributed by atoms with van der Waals surface area (Å²) in [5.74, 6) is -0.964. The predicted octanol–water partition coefficient (Wildman–Crippen LogP) is 1.80. The number of hydrogen-bond donors (Lipinski definition) is 3. The van der Waals surface area contributed by atoms with Gasteiger partial charge in [0.2, 0.25) is 5.91 Å². The summed E-state index contributed by atoms with van der Waals surface area (Å²) in [6.45, 7) is 10.9. The Morgan fingerprint density at radius 1 is 0.818 bits per heavy atom. The predicted molar refractivity (Wildman–Crippen MR) is 126 cm³/mol. The standard InChI is InChI=1S/C22H36N2O8S/c1-16(2)20(26)30-10-7-23-19(25)13-18(14-29-9-5-6-12-33)15-32-22(28)24-8-11-31-21(27)17(3)4/h18,33H,1,3,5-15H2,2,4H3,(H,23,25)(H,24,28). The molecule has 2 N–H and O–H groups in total. The van der Waals surface area contributed by atoms with Crippen LogP contribution in [0.2, 0.25) is 0 Å². The van der Waals surface area contributed by atoms with Crippen LogP contribution in [0.1, 0.15) is 33.1 Å². The summed E-state index contributed by atoms with van der Waals surface area (Å²) < 4.78 is 20.5. The molecule has 0 aromatic carbocycles. The van der Waals surface area contributed by atoms with Crippen LogP contribution in [0.15, 0.2) is 24.3 Å². The van der Waals surface area contributed by atoms with Crippen LogP contribution in [0.4, 0.5) is 4.79 Å². The Hall–Kier alpha value is -2.53. The number of hydrogen-bond acceptors (Lipinski definition) is 9. The molecule has 0 heterocycles. The van der Waals surface area contributed by atoms with E-state index >= 15 is 0 Å². The van der Waals surface area contributed by atoms with Crippen molar-refractivity contribution in [2.75, 3.05) is 51.9 Å². The summed E-state index contributed by atoms with van der Waals surface area (Å²) in [4.78, 5) is 46.7. The molecule has 0 saturated heterocycles. The van der Waals surface area contributed by atoms with Gasteiger partial charge >= 0.3 is 18.0 Å². The first-order chi connectivity index (χ1) is 15.7. The molecule has 188 valence electrons. The first-order valence-electron chi connectivity index (χ1n) is 10.7. The summed E-state index contributed by atoms with van der Waals surface area (Å²) in [7, 11) is 0. The van der Waals surface area contributed by atoms with Crippen LogP contribution in [0, 0.1) is 5.92 Å². The van der Waals surface area contributed by atoms with Crippen molar-refractivity contribution < 1.29 is 38.1 Å². The molecule has 0 aliphatic rings. The number of nitrogens with one attached hydrogen (secondary N) is 2. The number of amides is 2. The Kier molecular flexibility index (Phi) is 17.5. The number of thiol groups is 1. The number of carbonyl (C=O) groups is 4. The minimum absolute atomic E-state index is 0.0170. The van der Waals surface area contributed by atoms with E-state index in [-0.39, 0.29) is 68.9 Å². The number of rotatable bonds is 18. The van der Waals surface area contributed by atoms with E-state index in [4.69, 9.17) is 18.9 Å². The highest BCUT2D eigenvalue weighted by Crippen LogP contribution is 2.07. The number of ether oxygens (including phenoxy) is 4. The summed E-state index contributed by atoms with van der Waals surface area (Å²) >= 11 is 4.14. The molecule has 11 heteroatoms. The first kappa shape index (κ1) is 30.5. The summed E-state index contributed by atoms with van der Waals surface area (Å²) in [5, 5.41) is 5.10. The molecule has 0 aromatic rings. The van der Waals surface area contributed by atoms with E-state index in [2.05, 4.69) is 36.4 Å². The number of alkyl carbamates (subject to hydrolysis) is 1. The van der Waals surface area contributed by atoms with Gasteiger partial charge in [0.25, 0.3) is 0 Å². The van der Waals surface area contributed by atoms with Crippen molar-refractivity contribution in [1.29, 1.82) is 0 Å². The molecular weight excluding hydrogens is 452 g/mol. The first-order valence-corrected chi connectivity index (χ1v) is 11.3. The van der Waals surface area contributed by atoms with Gasteiger partial charge in [-0.25, -0.2) is 14.4 Å². The molecule has 2 amide bonds. The van der Waals surface area contributed by atoms with Crippen LogP contribution in [0.5, 0.6) is 0 Å². The zero-order chi connectivity index (χ0) is 25.1. The van der Waals surface area contributed by atoms with Crippen molar-refractivity contribution in [2.45, 2.75) is 33.1 Å². The third-order valence-corrected chi connectivity index (χ3v) is 4.25. The van der Waals surface area contributed by atoms with Crippen LogP contribution < -0.4 is 10.6 Å². The zero-order valence-corrected chi connectivity index (χ0v) is 20.4. The molecule has 10 nitrogen and oxygen atoms in total. The van der Waals surface area contributed by atoms with Crippen molar-refractivity contribution in [3.63, 3.8) is 0 Å². The maximum atomic E-state index is 12.2. The normalized spacial score (nSPS) is 11.1. The average Bonchev–Trinajstić information content (AvgIpc) is 2.76. The lowest BCUT2D eigenvalue weighted by atomic mass is 10.1. The number of esters is 2. The number of unbranched alkanes of at least 4 members (excludes halogenated alkanes) is 1. The maximum absolute atomic E-state index is 12.2. The van der Waals surface area contributed by atoms with Gasteiger partial charge in [-0.1, -0.05) is 13.2 Å². The SMILES string of the molecule is C=C(C)C(=O)OCCNC(=O)CC(COCCCCS)COC(=O)NCCOC(=O)C(=C)C. The van der Waals surface area contributed by atoms with Gasteiger partial charge in [0, 0.05) is 30.1 Å². The van der Waals surface area contributed by atoms with Gasteiger partial charge in [0.15, 0.2) is 0 Å². The van der Waals surface area contributed by atoms with Crippen molar-refractivity contribution in [3.8, 4) is 0 Å². The lowest BCUT2D eigenvalue weighted by molar-refractivity contribution is -0.139. The molecule has 1 atom stereocenters. The Morgan fingerprint density at radius 3 is 1.94 bits per heavy atom. The second kappa shape index (κ2) is 19.0. The minimum Gasteiger partial charge on any atom is -0.460 e. The Morgan fingerprint density at radius 2 is 1.39 bits per heavy atom. The minimum atomic E-state index is -0.700. The third-order valence-electron chi connectivity index (χ3n) is 3.93. The highest BCUT2D eigenvalue weighted by molar-refractivity contribution is 7.80. The van der Waals surface area contributed by atoms with Gasteiger partial charge in [0.1, 0.15) is 13.2 Å². The van der Waals surface area contributed by atoms with E-state index in [0.717, 1.165) is 18.6 Å². The lowest BCUT2D eigenvalue weighted by Gasteiger charge is -2.17. The summed E-state index contributed by atoms with van der Waals surface area (Å²) in [6.07, 6.45) is 1.10. The Balaban J connectivity index is 4.37. The molecule has 33 heavy (non-hydrogen) atoms. The molecule has 0 aromatic heterocycles. The fraction of sp³-hybridized carbons (Fsp3) is 0.636. The van der Waals surface area contributed by atoms with Gasteiger partial charge in [-0.3, -0.25) is 4.79 Å². The molecule has 0 aliphatic carbocycles. The smallest absolute Gasteiger partial charge is 0.407 e. The lowest BCUT2D eigenvalue weighted by Crippen LogP contribution is -2.34. The molecule has 0 saturated carbocycles. The van der Waals surface area contributed by atoms with Crippen LogP contribution in [-0.2, 0) is 33.3 Å². The van der Waals surface area contributed by atoms with E-state index < -0.39 is 18.0 Å². The Bertz CT molecular complexity index is 669. The molecule has 0 aliphatic heterocycles. The second-order valence-corrected chi connectivity index (χ2v) is 7.73. The van der Waals surface area contributed by atoms with Crippen LogP contribution in [-0.4, -0.2) is 75.8 Å². The van der Waals surface area contributed by atoms with Gasteiger partial charge < -0.3 is 29.6 Å². The van der Waals surface area contributed by atoms with Gasteiger partial charge in [0.05, 0.1) is 26.3 Å². The highest BCUT2D eigenvalue weighted by Gasteiger charge is 2.17. The van der Waals surface area contributed by atoms with Crippen LogP contribution in [0.25, 0.3) is 0 Å². The summed E-state index contributed by atoms with van der Waals surface area (Å²) in [5.41, 5.74) is 0.544. The molecule has 0 bridgehead atoms.